The Labute approximate surface area is 169 Å². The molecule has 0 saturated carbocycles. The summed E-state index contributed by atoms with van der Waals surface area (Å²) in [6.07, 6.45) is 5.45. The third-order valence-corrected chi connectivity index (χ3v) is 5.99. The lowest BCUT2D eigenvalue weighted by Crippen LogP contribution is -2.19. The summed E-state index contributed by atoms with van der Waals surface area (Å²) in [4.78, 5) is 46.3. The molecule has 0 unspecified atom stereocenters. The quantitative estimate of drug-likeness (QED) is 0.558. The Morgan fingerprint density at radius 1 is 1.03 bits per heavy atom. The Morgan fingerprint density at radius 2 is 1.72 bits per heavy atom. The number of nitro benzene ring substituents is 2. The van der Waals surface area contributed by atoms with Gasteiger partial charge in [0.25, 0.3) is 23.2 Å². The zero-order valence-electron chi connectivity index (χ0n) is 15.3. The van der Waals surface area contributed by atoms with Gasteiger partial charge < -0.3 is 11.1 Å². The Balaban J connectivity index is 1.99. The average Bonchev–Trinajstić information content (AvgIpc) is 2.97. The predicted octanol–water partition coefficient (Wildman–Crippen LogP) is 3.57. The second kappa shape index (κ2) is 8.35. The van der Waals surface area contributed by atoms with Crippen LogP contribution in [0.5, 0.6) is 0 Å². The van der Waals surface area contributed by atoms with Crippen molar-refractivity contribution in [3.63, 3.8) is 0 Å². The second-order valence-electron chi connectivity index (χ2n) is 6.66. The zero-order valence-corrected chi connectivity index (χ0v) is 16.1. The Hall–Kier alpha value is -3.34. The van der Waals surface area contributed by atoms with Crippen molar-refractivity contribution in [3.05, 3.63) is 60.0 Å². The van der Waals surface area contributed by atoms with Crippen molar-refractivity contribution in [2.24, 2.45) is 5.73 Å². The van der Waals surface area contributed by atoms with Gasteiger partial charge in [0, 0.05) is 10.9 Å². The number of aryl methyl sites for hydroxylation is 1. The molecule has 152 valence electrons. The van der Waals surface area contributed by atoms with Gasteiger partial charge in [-0.3, -0.25) is 29.8 Å². The first-order chi connectivity index (χ1) is 13.8. The Bertz CT molecular complexity index is 1020. The molecule has 29 heavy (non-hydrogen) atoms. The standard InChI is InChI=1S/C18H18N4O6S/c19-16(23)15-12-5-3-1-2-4-6-14(12)29-18(15)20-17(24)11-8-7-10(21(25)26)9-13(11)22(27)28/h7-9H,1-6H2,(H2,19,23)(H,20,24). The molecule has 3 N–H and O–H groups in total. The summed E-state index contributed by atoms with van der Waals surface area (Å²) in [7, 11) is 0. The number of primary amides is 1. The van der Waals surface area contributed by atoms with Gasteiger partial charge >= 0.3 is 0 Å². The predicted molar refractivity (Wildman–Crippen MR) is 106 cm³/mol. The number of nitrogens with one attached hydrogen (secondary N) is 1. The first-order valence-electron chi connectivity index (χ1n) is 8.98. The highest BCUT2D eigenvalue weighted by Gasteiger charge is 2.28. The molecule has 3 rings (SSSR count). The number of nitrogens with two attached hydrogens (primary N) is 1. The van der Waals surface area contributed by atoms with Gasteiger partial charge in [-0.25, -0.2) is 0 Å². The van der Waals surface area contributed by atoms with Crippen LogP contribution in [-0.4, -0.2) is 21.7 Å². The lowest BCUT2D eigenvalue weighted by atomic mass is 9.96. The smallest absolute Gasteiger partial charge is 0.289 e. The van der Waals surface area contributed by atoms with E-state index in [2.05, 4.69) is 5.32 Å². The van der Waals surface area contributed by atoms with Crippen LogP contribution in [0.4, 0.5) is 16.4 Å². The molecule has 0 fully saturated rings. The van der Waals surface area contributed by atoms with E-state index in [1.54, 1.807) is 0 Å². The zero-order chi connectivity index (χ0) is 21.1. The summed E-state index contributed by atoms with van der Waals surface area (Å²) in [5, 5.41) is 25.0. The van der Waals surface area contributed by atoms with Crippen LogP contribution < -0.4 is 11.1 Å². The van der Waals surface area contributed by atoms with Gasteiger partial charge in [-0.2, -0.15) is 0 Å². The fourth-order valence-corrected chi connectivity index (χ4v) is 4.70. The van der Waals surface area contributed by atoms with Crippen LogP contribution in [0.3, 0.4) is 0 Å². The molecule has 2 amide bonds. The molecule has 0 atom stereocenters. The molecule has 1 aromatic carbocycles. The molecule has 1 aromatic heterocycles. The average molecular weight is 418 g/mol. The lowest BCUT2D eigenvalue weighted by molar-refractivity contribution is -0.394. The van der Waals surface area contributed by atoms with Gasteiger partial charge in [0.1, 0.15) is 10.6 Å². The first-order valence-corrected chi connectivity index (χ1v) is 9.79. The molecule has 11 heteroatoms. The van der Waals surface area contributed by atoms with Crippen LogP contribution >= 0.6 is 11.3 Å². The van der Waals surface area contributed by atoms with Gasteiger partial charge in [0.15, 0.2) is 0 Å². The molecule has 1 aliphatic rings. The number of fused-ring (bicyclic) bond motifs is 1. The number of hydrogen-bond acceptors (Lipinski definition) is 7. The first kappa shape index (κ1) is 20.4. The normalized spacial score (nSPS) is 13.7. The van der Waals surface area contributed by atoms with E-state index >= 15 is 0 Å². The fraction of sp³-hybridized carbons (Fsp3) is 0.333. The summed E-state index contributed by atoms with van der Waals surface area (Å²) in [6, 6.07) is 2.78. The van der Waals surface area contributed by atoms with Crippen molar-refractivity contribution in [1.29, 1.82) is 0 Å². The van der Waals surface area contributed by atoms with Crippen LogP contribution in [0.25, 0.3) is 0 Å². The number of non-ortho nitro benzene ring substituents is 1. The Kier molecular flexibility index (Phi) is 5.87. The summed E-state index contributed by atoms with van der Waals surface area (Å²) in [5.41, 5.74) is 5.10. The van der Waals surface area contributed by atoms with Crippen molar-refractivity contribution < 1.29 is 19.4 Å². The minimum absolute atomic E-state index is 0.241. The van der Waals surface area contributed by atoms with Crippen molar-refractivity contribution in [3.8, 4) is 0 Å². The van der Waals surface area contributed by atoms with E-state index in [1.807, 2.05) is 0 Å². The molecule has 1 heterocycles. The number of nitrogens with zero attached hydrogens (tertiary/aromatic N) is 2. The second-order valence-corrected chi connectivity index (χ2v) is 7.76. The van der Waals surface area contributed by atoms with Crippen LogP contribution in [0.1, 0.15) is 56.8 Å². The molecule has 0 bridgehead atoms. The number of nitro groups is 2. The highest BCUT2D eigenvalue weighted by Crippen LogP contribution is 2.37. The molecule has 0 saturated heterocycles. The van der Waals surface area contributed by atoms with Gasteiger partial charge in [0.2, 0.25) is 0 Å². The minimum Gasteiger partial charge on any atom is -0.365 e. The molecule has 1 aliphatic carbocycles. The molecule has 0 radical (unpaired) electrons. The van der Waals surface area contributed by atoms with E-state index in [1.165, 1.54) is 11.3 Å². The summed E-state index contributed by atoms with van der Waals surface area (Å²) >= 11 is 1.25. The number of rotatable bonds is 5. The minimum atomic E-state index is -0.856. The van der Waals surface area contributed by atoms with Gasteiger partial charge in [0.05, 0.1) is 21.5 Å². The summed E-state index contributed by atoms with van der Waals surface area (Å²) < 4.78 is 0. The van der Waals surface area contributed by atoms with Crippen LogP contribution in [-0.2, 0) is 12.8 Å². The van der Waals surface area contributed by atoms with Gasteiger partial charge in [-0.05, 0) is 37.3 Å². The monoisotopic (exact) mass is 418 g/mol. The number of thiophene rings is 1. The van der Waals surface area contributed by atoms with E-state index < -0.39 is 33.0 Å². The molecule has 0 aliphatic heterocycles. The summed E-state index contributed by atoms with van der Waals surface area (Å²) in [5.74, 6) is -1.50. The van der Waals surface area contributed by atoms with Crippen molar-refractivity contribution in [2.75, 3.05) is 5.32 Å². The van der Waals surface area contributed by atoms with E-state index in [9.17, 15) is 29.8 Å². The highest BCUT2D eigenvalue weighted by atomic mass is 32.1. The van der Waals surface area contributed by atoms with E-state index in [0.29, 0.717) is 6.42 Å². The number of anilines is 1. The maximum absolute atomic E-state index is 12.7. The van der Waals surface area contributed by atoms with E-state index in [4.69, 9.17) is 5.73 Å². The van der Waals surface area contributed by atoms with Crippen molar-refractivity contribution >= 4 is 39.5 Å². The molecule has 0 spiro atoms. The van der Waals surface area contributed by atoms with Crippen LogP contribution in [0.2, 0.25) is 0 Å². The molecule has 2 aromatic rings. The van der Waals surface area contributed by atoms with Crippen molar-refractivity contribution in [2.45, 2.75) is 38.5 Å². The molecule has 10 nitrogen and oxygen atoms in total. The molecular formula is C18H18N4O6S. The largest absolute Gasteiger partial charge is 0.365 e. The number of carbonyl (C=O) groups excluding carboxylic acids is 2. The van der Waals surface area contributed by atoms with E-state index in [-0.39, 0.29) is 16.1 Å². The number of hydrogen-bond donors (Lipinski definition) is 2. The van der Waals surface area contributed by atoms with E-state index in [0.717, 1.165) is 60.7 Å². The lowest BCUT2D eigenvalue weighted by Gasteiger charge is -2.10. The summed E-state index contributed by atoms with van der Waals surface area (Å²) in [6.45, 7) is 0. The fourth-order valence-electron chi connectivity index (χ4n) is 3.42. The van der Waals surface area contributed by atoms with Gasteiger partial charge in [-0.15, -0.1) is 11.3 Å². The highest BCUT2D eigenvalue weighted by molar-refractivity contribution is 7.17. The molecular weight excluding hydrogens is 400 g/mol. The topological polar surface area (TPSA) is 158 Å². The third-order valence-electron chi connectivity index (χ3n) is 4.78. The third kappa shape index (κ3) is 4.24. The number of carbonyl (C=O) groups is 2. The van der Waals surface area contributed by atoms with Crippen LogP contribution in [0, 0.1) is 20.2 Å². The Morgan fingerprint density at radius 3 is 2.34 bits per heavy atom. The number of amides is 2. The van der Waals surface area contributed by atoms with Crippen molar-refractivity contribution in [1.82, 2.24) is 0 Å². The van der Waals surface area contributed by atoms with Gasteiger partial charge in [-0.1, -0.05) is 12.8 Å². The maximum atomic E-state index is 12.7. The SMILES string of the molecule is NC(=O)c1c(NC(=O)c2ccc([N+](=O)[O-])cc2[N+](=O)[O-])sc2c1CCCCCC2. The number of benzene rings is 1. The maximum Gasteiger partial charge on any atom is 0.289 e. The van der Waals surface area contributed by atoms with Crippen LogP contribution in [0.15, 0.2) is 18.2 Å².